The topological polar surface area (TPSA) is 69.6 Å². The summed E-state index contributed by atoms with van der Waals surface area (Å²) >= 11 is 5.58. The van der Waals surface area contributed by atoms with Crippen LogP contribution in [-0.4, -0.2) is 36.0 Å². The normalized spacial score (nSPS) is 10.6. The van der Waals surface area contributed by atoms with E-state index in [1.807, 2.05) is 42.5 Å². The lowest BCUT2D eigenvalue weighted by Gasteiger charge is -2.16. The molecule has 1 aromatic heterocycles. The highest BCUT2D eigenvalue weighted by Crippen LogP contribution is 2.40. The molecule has 0 aliphatic rings. The van der Waals surface area contributed by atoms with Crippen LogP contribution in [0.3, 0.4) is 0 Å². The number of anilines is 2. The molecule has 0 fully saturated rings. The Morgan fingerprint density at radius 1 is 0.875 bits per heavy atom. The van der Waals surface area contributed by atoms with Crippen LogP contribution < -0.4 is 24.8 Å². The monoisotopic (exact) mass is 448 g/mol. The summed E-state index contributed by atoms with van der Waals surface area (Å²) in [5.74, 6) is 2.24. The first-order valence-corrected chi connectivity index (χ1v) is 10.4. The van der Waals surface area contributed by atoms with Crippen LogP contribution in [0.2, 0.25) is 0 Å². The van der Waals surface area contributed by atoms with Crippen molar-refractivity contribution in [3.8, 4) is 17.2 Å². The van der Waals surface area contributed by atoms with Gasteiger partial charge in [-0.15, -0.1) is 0 Å². The molecule has 164 valence electrons. The molecule has 0 saturated carbocycles. The molecule has 0 aliphatic heterocycles. The molecule has 4 rings (SSSR count). The van der Waals surface area contributed by atoms with Crippen molar-refractivity contribution in [2.75, 3.05) is 32.0 Å². The van der Waals surface area contributed by atoms with Gasteiger partial charge in [-0.2, -0.15) is 0 Å². The maximum atomic E-state index is 5.58. The van der Waals surface area contributed by atoms with Gasteiger partial charge in [0.2, 0.25) is 11.7 Å². The summed E-state index contributed by atoms with van der Waals surface area (Å²) in [5, 5.41) is 6.80. The van der Waals surface area contributed by atoms with Crippen LogP contribution in [0.1, 0.15) is 5.56 Å². The number of fused-ring (bicyclic) bond motifs is 1. The molecule has 0 atom stereocenters. The van der Waals surface area contributed by atoms with Gasteiger partial charge in [-0.1, -0.05) is 42.5 Å². The van der Waals surface area contributed by atoms with E-state index in [1.54, 1.807) is 33.5 Å². The quantitative estimate of drug-likeness (QED) is 0.389. The number of ether oxygens (including phenoxy) is 3. The van der Waals surface area contributed by atoms with Crippen molar-refractivity contribution in [3.05, 3.63) is 72.3 Å². The fraction of sp³-hybridized carbons (Fsp3) is 0.167. The van der Waals surface area contributed by atoms with Gasteiger partial charge in [0.05, 0.1) is 38.9 Å². The highest BCUT2D eigenvalue weighted by molar-refractivity contribution is 7.80. The second-order valence-corrected chi connectivity index (χ2v) is 7.40. The summed E-state index contributed by atoms with van der Waals surface area (Å²) in [4.78, 5) is 4.74. The van der Waals surface area contributed by atoms with E-state index in [0.717, 1.165) is 11.0 Å². The van der Waals surface area contributed by atoms with Crippen molar-refractivity contribution >= 4 is 40.0 Å². The highest BCUT2D eigenvalue weighted by atomic mass is 32.1. The number of hydrogen-bond acceptors (Lipinski definition) is 5. The molecule has 7 nitrogen and oxygen atoms in total. The lowest BCUT2D eigenvalue weighted by Crippen LogP contribution is -2.22. The molecule has 0 saturated heterocycles. The number of aromatic nitrogens is 2. The van der Waals surface area contributed by atoms with Gasteiger partial charge in [0.15, 0.2) is 16.6 Å². The van der Waals surface area contributed by atoms with Crippen LogP contribution in [0.15, 0.2) is 66.7 Å². The Balaban J connectivity index is 1.61. The molecule has 1 heterocycles. The fourth-order valence-corrected chi connectivity index (χ4v) is 3.72. The number of imidazole rings is 1. The van der Waals surface area contributed by atoms with Gasteiger partial charge < -0.3 is 29.4 Å². The Kier molecular flexibility index (Phi) is 6.42. The van der Waals surface area contributed by atoms with Gasteiger partial charge in [0.1, 0.15) is 0 Å². The maximum absolute atomic E-state index is 5.58. The summed E-state index contributed by atoms with van der Waals surface area (Å²) in [5.41, 5.74) is 3.78. The minimum absolute atomic E-state index is 0.392. The number of benzene rings is 3. The molecule has 8 heteroatoms. The molecule has 0 bridgehead atoms. The van der Waals surface area contributed by atoms with E-state index in [1.165, 1.54) is 5.56 Å². The predicted octanol–water partition coefficient (Wildman–Crippen LogP) is 4.92. The van der Waals surface area contributed by atoms with Crippen molar-refractivity contribution in [1.29, 1.82) is 0 Å². The highest BCUT2D eigenvalue weighted by Gasteiger charge is 2.15. The molecule has 0 radical (unpaired) electrons. The van der Waals surface area contributed by atoms with Gasteiger partial charge >= 0.3 is 0 Å². The Morgan fingerprint density at radius 2 is 1.53 bits per heavy atom. The number of para-hydroxylation sites is 2. The van der Waals surface area contributed by atoms with Crippen LogP contribution in [-0.2, 0) is 6.54 Å². The zero-order valence-electron chi connectivity index (χ0n) is 18.1. The molecule has 0 amide bonds. The van der Waals surface area contributed by atoms with Gasteiger partial charge in [0.25, 0.3) is 0 Å². The zero-order valence-corrected chi connectivity index (χ0v) is 18.9. The van der Waals surface area contributed by atoms with E-state index in [4.69, 9.17) is 31.4 Å². The van der Waals surface area contributed by atoms with E-state index >= 15 is 0 Å². The van der Waals surface area contributed by atoms with E-state index in [0.29, 0.717) is 40.5 Å². The third kappa shape index (κ3) is 4.45. The SMILES string of the molecule is COc1cc(NC(=S)Nc2nc3ccccc3n2Cc2ccccc2)cc(OC)c1OC. The van der Waals surface area contributed by atoms with Crippen LogP contribution in [0.5, 0.6) is 17.2 Å². The lowest BCUT2D eigenvalue weighted by molar-refractivity contribution is 0.324. The summed E-state index contributed by atoms with van der Waals surface area (Å²) in [7, 11) is 4.71. The minimum Gasteiger partial charge on any atom is -0.493 e. The summed E-state index contributed by atoms with van der Waals surface area (Å²) in [6, 6.07) is 21.8. The third-order valence-corrected chi connectivity index (χ3v) is 5.19. The van der Waals surface area contributed by atoms with Crippen LogP contribution in [0.4, 0.5) is 11.6 Å². The molecule has 0 spiro atoms. The Hall–Kier alpha value is -3.78. The number of nitrogens with one attached hydrogen (secondary N) is 2. The average molecular weight is 449 g/mol. The van der Waals surface area contributed by atoms with Crippen LogP contribution >= 0.6 is 12.2 Å². The summed E-state index contributed by atoms with van der Waals surface area (Å²) in [6.07, 6.45) is 0. The van der Waals surface area contributed by atoms with E-state index in [-0.39, 0.29) is 0 Å². The second-order valence-electron chi connectivity index (χ2n) is 6.99. The van der Waals surface area contributed by atoms with Crippen molar-refractivity contribution in [3.63, 3.8) is 0 Å². The number of thiocarbonyl (C=S) groups is 1. The van der Waals surface area contributed by atoms with Crippen molar-refractivity contribution in [2.24, 2.45) is 0 Å². The first-order valence-electron chi connectivity index (χ1n) is 10.00. The number of hydrogen-bond donors (Lipinski definition) is 2. The maximum Gasteiger partial charge on any atom is 0.210 e. The summed E-state index contributed by atoms with van der Waals surface area (Å²) in [6.45, 7) is 0.663. The van der Waals surface area contributed by atoms with Crippen LogP contribution in [0, 0.1) is 0 Å². The Bertz CT molecular complexity index is 1220. The standard InChI is InChI=1S/C24H24N4O3S/c1-29-20-13-17(14-21(30-2)22(20)31-3)25-24(32)27-23-26-18-11-7-8-12-19(18)28(23)15-16-9-5-4-6-10-16/h4-14H,15H2,1-3H3,(H2,25,26,27,32). The van der Waals surface area contributed by atoms with Crippen LogP contribution in [0.25, 0.3) is 11.0 Å². The zero-order chi connectivity index (χ0) is 22.5. The smallest absolute Gasteiger partial charge is 0.210 e. The van der Waals surface area contributed by atoms with E-state index < -0.39 is 0 Å². The molecule has 2 N–H and O–H groups in total. The van der Waals surface area contributed by atoms with Gasteiger partial charge in [-0.3, -0.25) is 0 Å². The van der Waals surface area contributed by atoms with E-state index in [2.05, 4.69) is 27.3 Å². The molecular formula is C24H24N4O3S. The molecule has 3 aromatic carbocycles. The molecular weight excluding hydrogens is 424 g/mol. The number of rotatable bonds is 7. The number of nitrogens with zero attached hydrogens (tertiary/aromatic N) is 2. The summed E-state index contributed by atoms with van der Waals surface area (Å²) < 4.78 is 18.3. The first kappa shape index (κ1) is 21.5. The second kappa shape index (κ2) is 9.57. The molecule has 32 heavy (non-hydrogen) atoms. The Morgan fingerprint density at radius 3 is 2.19 bits per heavy atom. The largest absolute Gasteiger partial charge is 0.493 e. The third-order valence-electron chi connectivity index (χ3n) is 4.99. The van der Waals surface area contributed by atoms with Crippen molar-refractivity contribution in [2.45, 2.75) is 6.54 Å². The first-order chi connectivity index (χ1) is 15.6. The Labute approximate surface area is 191 Å². The average Bonchev–Trinajstić information content (AvgIpc) is 3.15. The minimum atomic E-state index is 0.392. The molecule has 4 aromatic rings. The fourth-order valence-electron chi connectivity index (χ4n) is 3.51. The lowest BCUT2D eigenvalue weighted by atomic mass is 10.2. The van der Waals surface area contributed by atoms with Crippen molar-refractivity contribution in [1.82, 2.24) is 9.55 Å². The molecule has 0 unspecified atom stereocenters. The van der Waals surface area contributed by atoms with Gasteiger partial charge in [-0.25, -0.2) is 4.98 Å². The van der Waals surface area contributed by atoms with Crippen molar-refractivity contribution < 1.29 is 14.2 Å². The van der Waals surface area contributed by atoms with Gasteiger partial charge in [0, 0.05) is 17.8 Å². The molecule has 0 aliphatic carbocycles. The van der Waals surface area contributed by atoms with E-state index in [9.17, 15) is 0 Å². The predicted molar refractivity (Wildman–Crippen MR) is 131 cm³/mol. The number of methoxy groups -OCH3 is 3. The van der Waals surface area contributed by atoms with Gasteiger partial charge in [-0.05, 0) is 29.9 Å².